The monoisotopic (exact) mass is 626 g/mol. The van der Waals surface area contributed by atoms with Gasteiger partial charge in [0, 0.05) is 23.0 Å². The summed E-state index contributed by atoms with van der Waals surface area (Å²) in [5, 5.41) is 18.6. The van der Waals surface area contributed by atoms with E-state index in [0.717, 1.165) is 12.1 Å². The van der Waals surface area contributed by atoms with Gasteiger partial charge in [-0.1, -0.05) is 26.0 Å². The molecule has 0 radical (unpaired) electrons. The molecule has 0 spiro atoms. The molecule has 1 aliphatic heterocycles. The topological polar surface area (TPSA) is 110 Å². The zero-order valence-corrected chi connectivity index (χ0v) is 25.3. The fraction of sp³-hybridized carbons (Fsp3) is 0.257. The molecule has 0 bridgehead atoms. The molecule has 5 aromatic rings. The number of aromatic nitrogens is 3. The highest BCUT2D eigenvalue weighted by Gasteiger charge is 2.39. The SMILES string of the molecule is Cc1cc(Cc2nc3ccc(C(=O)O)cc3n2[C@@H]2COCC2(C)C)c(F)cc1-c1ccc(F)c(OCc2ccc(C#N)cc2F)n1. The van der Waals surface area contributed by atoms with E-state index in [4.69, 9.17) is 19.7 Å². The number of ether oxygens (including phenoxy) is 2. The third kappa shape index (κ3) is 5.79. The molecule has 3 aromatic carbocycles. The second kappa shape index (κ2) is 11.9. The zero-order valence-electron chi connectivity index (χ0n) is 25.3. The molecule has 0 saturated carbocycles. The van der Waals surface area contributed by atoms with Gasteiger partial charge in [-0.15, -0.1) is 0 Å². The summed E-state index contributed by atoms with van der Waals surface area (Å²) in [7, 11) is 0. The van der Waals surface area contributed by atoms with E-state index in [1.54, 1.807) is 25.1 Å². The number of hydrogen-bond acceptors (Lipinski definition) is 6. The second-order valence-corrected chi connectivity index (χ2v) is 12.1. The molecular weight excluding hydrogens is 597 g/mol. The smallest absolute Gasteiger partial charge is 0.335 e. The molecule has 0 amide bonds. The number of benzene rings is 3. The summed E-state index contributed by atoms with van der Waals surface area (Å²) in [6.45, 7) is 6.50. The molecule has 1 N–H and O–H groups in total. The second-order valence-electron chi connectivity index (χ2n) is 12.1. The number of carboxylic acid groups (broad SMARTS) is 1. The van der Waals surface area contributed by atoms with Crippen molar-refractivity contribution in [2.45, 2.75) is 39.8 Å². The summed E-state index contributed by atoms with van der Waals surface area (Å²) in [5.41, 5.74) is 3.06. The van der Waals surface area contributed by atoms with Gasteiger partial charge in [0.25, 0.3) is 5.88 Å². The van der Waals surface area contributed by atoms with Crippen LogP contribution < -0.4 is 4.74 Å². The molecule has 0 aliphatic carbocycles. The lowest BCUT2D eigenvalue weighted by molar-refractivity contribution is 0.0697. The number of fused-ring (bicyclic) bond motifs is 1. The van der Waals surface area contributed by atoms with Gasteiger partial charge in [-0.05, 0) is 66.6 Å². The maximum Gasteiger partial charge on any atom is 0.335 e. The largest absolute Gasteiger partial charge is 0.478 e. The lowest BCUT2D eigenvalue weighted by Crippen LogP contribution is -2.27. The van der Waals surface area contributed by atoms with E-state index >= 15 is 4.39 Å². The van der Waals surface area contributed by atoms with Gasteiger partial charge in [0.05, 0.1) is 53.2 Å². The molecule has 1 atom stereocenters. The summed E-state index contributed by atoms with van der Waals surface area (Å²) in [5.74, 6) is -2.82. The third-order valence-electron chi connectivity index (χ3n) is 8.35. The molecule has 1 aliphatic rings. The minimum absolute atomic E-state index is 0.120. The van der Waals surface area contributed by atoms with Crippen LogP contribution in [0.25, 0.3) is 22.3 Å². The highest BCUT2D eigenvalue weighted by Crippen LogP contribution is 2.41. The van der Waals surface area contributed by atoms with Crippen LogP contribution in [-0.2, 0) is 17.8 Å². The van der Waals surface area contributed by atoms with Crippen LogP contribution in [0, 0.1) is 41.1 Å². The lowest BCUT2D eigenvalue weighted by atomic mass is 9.87. The summed E-state index contributed by atoms with van der Waals surface area (Å²) >= 11 is 0. The standard InChI is InChI=1S/C35H29F3N4O4/c1-19-10-23(13-32-40-29-8-6-21(34(43)44)12-30(29)42(32)31-17-45-18-35(31,2)3)27(38)14-24(19)28-9-7-25(36)33(41-28)46-16-22-5-4-20(15-39)11-26(22)37/h4-12,14,31H,13,16-18H2,1-3H3,(H,43,44)/t31-/m1/s1. The number of carbonyl (C=O) groups is 1. The minimum Gasteiger partial charge on any atom is -0.478 e. The Morgan fingerprint density at radius 3 is 2.52 bits per heavy atom. The molecule has 46 heavy (non-hydrogen) atoms. The summed E-state index contributed by atoms with van der Waals surface area (Å²) in [6, 6.07) is 15.9. The molecular formula is C35H29F3N4O4. The number of aryl methyl sites for hydroxylation is 1. The zero-order chi connectivity index (χ0) is 32.7. The Balaban J connectivity index is 1.32. The number of halogens is 3. The molecule has 1 saturated heterocycles. The average molecular weight is 627 g/mol. The Morgan fingerprint density at radius 2 is 1.83 bits per heavy atom. The van der Waals surface area contributed by atoms with E-state index in [1.807, 2.05) is 10.6 Å². The van der Waals surface area contributed by atoms with Crippen molar-refractivity contribution in [3.63, 3.8) is 0 Å². The maximum absolute atomic E-state index is 15.8. The number of nitrogens with zero attached hydrogens (tertiary/aromatic N) is 4. The van der Waals surface area contributed by atoms with Crippen LogP contribution >= 0.6 is 0 Å². The van der Waals surface area contributed by atoms with E-state index in [2.05, 4.69) is 18.8 Å². The molecule has 1 fully saturated rings. The first-order valence-electron chi connectivity index (χ1n) is 14.5. The van der Waals surface area contributed by atoms with Crippen LogP contribution in [0.3, 0.4) is 0 Å². The van der Waals surface area contributed by atoms with E-state index in [9.17, 15) is 18.7 Å². The molecule has 11 heteroatoms. The summed E-state index contributed by atoms with van der Waals surface area (Å²) in [4.78, 5) is 20.8. The Kier molecular flexibility index (Phi) is 8.00. The van der Waals surface area contributed by atoms with Crippen molar-refractivity contribution in [1.82, 2.24) is 14.5 Å². The van der Waals surface area contributed by atoms with Crippen LogP contribution in [-0.4, -0.2) is 38.8 Å². The number of carboxylic acids is 1. The Labute approximate surface area is 262 Å². The number of hydrogen-bond donors (Lipinski definition) is 1. The first kappa shape index (κ1) is 30.8. The lowest BCUT2D eigenvalue weighted by Gasteiger charge is -2.28. The first-order chi connectivity index (χ1) is 21.9. The number of imidazole rings is 1. The van der Waals surface area contributed by atoms with Crippen molar-refractivity contribution in [3.05, 3.63) is 112 Å². The average Bonchev–Trinajstić information content (AvgIpc) is 3.55. The van der Waals surface area contributed by atoms with Gasteiger partial charge in [0.1, 0.15) is 24.1 Å². The fourth-order valence-corrected chi connectivity index (χ4v) is 5.81. The van der Waals surface area contributed by atoms with Crippen molar-refractivity contribution >= 4 is 17.0 Å². The summed E-state index contributed by atoms with van der Waals surface area (Å²) < 4.78 is 58.0. The van der Waals surface area contributed by atoms with Crippen molar-refractivity contribution < 1.29 is 32.5 Å². The molecule has 8 nitrogen and oxygen atoms in total. The predicted octanol–water partition coefficient (Wildman–Crippen LogP) is 7.16. The van der Waals surface area contributed by atoms with Gasteiger partial charge in [0.2, 0.25) is 0 Å². The van der Waals surface area contributed by atoms with Crippen molar-refractivity contribution in [2.24, 2.45) is 5.41 Å². The van der Waals surface area contributed by atoms with Gasteiger partial charge in [0.15, 0.2) is 5.82 Å². The van der Waals surface area contributed by atoms with Crippen molar-refractivity contribution in [3.8, 4) is 23.2 Å². The van der Waals surface area contributed by atoms with Gasteiger partial charge in [-0.25, -0.2) is 27.9 Å². The first-order valence-corrected chi connectivity index (χ1v) is 14.5. The normalized spacial score (nSPS) is 15.6. The Hall–Kier alpha value is -5.21. The molecule has 3 heterocycles. The van der Waals surface area contributed by atoms with E-state index in [1.165, 1.54) is 30.3 Å². The molecule has 2 aromatic heterocycles. The minimum atomic E-state index is -1.06. The van der Waals surface area contributed by atoms with Gasteiger partial charge >= 0.3 is 5.97 Å². The van der Waals surface area contributed by atoms with Crippen LogP contribution in [0.4, 0.5) is 13.2 Å². The quantitative estimate of drug-likeness (QED) is 0.195. The third-order valence-corrected chi connectivity index (χ3v) is 8.35. The number of pyridine rings is 1. The van der Waals surface area contributed by atoms with E-state index in [0.29, 0.717) is 46.8 Å². The number of rotatable bonds is 8. The Bertz CT molecular complexity index is 2050. The molecule has 234 valence electrons. The van der Waals surface area contributed by atoms with Crippen LogP contribution in [0.2, 0.25) is 0 Å². The van der Waals surface area contributed by atoms with Gasteiger partial charge in [-0.2, -0.15) is 5.26 Å². The van der Waals surface area contributed by atoms with Crippen molar-refractivity contribution in [1.29, 1.82) is 5.26 Å². The van der Waals surface area contributed by atoms with E-state index < -0.39 is 23.4 Å². The van der Waals surface area contributed by atoms with Crippen LogP contribution in [0.5, 0.6) is 5.88 Å². The van der Waals surface area contributed by atoms with Gasteiger partial charge < -0.3 is 19.1 Å². The van der Waals surface area contributed by atoms with E-state index in [-0.39, 0.29) is 52.7 Å². The molecule has 6 rings (SSSR count). The fourth-order valence-electron chi connectivity index (χ4n) is 5.81. The van der Waals surface area contributed by atoms with Crippen LogP contribution in [0.1, 0.15) is 58.3 Å². The highest BCUT2D eigenvalue weighted by atomic mass is 19.1. The van der Waals surface area contributed by atoms with Crippen molar-refractivity contribution in [2.75, 3.05) is 13.2 Å². The predicted molar refractivity (Wildman–Crippen MR) is 163 cm³/mol. The Morgan fingerprint density at radius 1 is 1.04 bits per heavy atom. The maximum atomic E-state index is 15.8. The van der Waals surface area contributed by atoms with Gasteiger partial charge in [-0.3, -0.25) is 0 Å². The molecule has 0 unspecified atom stereocenters. The summed E-state index contributed by atoms with van der Waals surface area (Å²) in [6.07, 6.45) is 0.123. The number of aromatic carboxylic acids is 1. The highest BCUT2D eigenvalue weighted by molar-refractivity contribution is 5.92. The van der Waals surface area contributed by atoms with Crippen LogP contribution in [0.15, 0.2) is 60.7 Å². The number of nitriles is 1.